The molecule has 392 valence electrons. The third-order valence-corrected chi connectivity index (χ3v) is 25.5. The lowest BCUT2D eigenvalue weighted by molar-refractivity contribution is -0.147. The third-order valence-electron chi connectivity index (χ3n) is 13.4. The van der Waals surface area contributed by atoms with Crippen LogP contribution in [0.25, 0.3) is 33.4 Å². The zero-order chi connectivity index (χ0) is 53.5. The van der Waals surface area contributed by atoms with E-state index in [0.717, 1.165) is 6.08 Å². The number of esters is 2. The van der Waals surface area contributed by atoms with Crippen LogP contribution in [0.3, 0.4) is 0 Å². The number of hydrogen-bond donors (Lipinski definition) is 0. The average molecular weight is 1200 g/mol. The lowest BCUT2D eigenvalue weighted by Crippen LogP contribution is -2.36. The van der Waals surface area contributed by atoms with E-state index < -0.39 is 11.4 Å². The summed E-state index contributed by atoms with van der Waals surface area (Å²) in [6.07, 6.45) is 1.62. The monoisotopic (exact) mass is 1190 g/mol. The Bertz CT molecular complexity index is 3410. The fraction of sp³-hybridized carbons (Fsp3) is 0.121. The zero-order valence-electron chi connectivity index (χ0n) is 42.6. The first-order valence-electron chi connectivity index (χ1n) is 25.7. The lowest BCUT2D eigenvalue weighted by Gasteiger charge is -2.34. The van der Waals surface area contributed by atoms with E-state index in [0.29, 0.717) is 23.7 Å². The summed E-state index contributed by atoms with van der Waals surface area (Å²) in [6, 6.07) is 72.4. The van der Waals surface area contributed by atoms with E-state index in [1.807, 2.05) is 106 Å². The highest BCUT2D eigenvalue weighted by molar-refractivity contribution is 8.06. The van der Waals surface area contributed by atoms with Crippen molar-refractivity contribution in [2.24, 2.45) is 5.41 Å². The van der Waals surface area contributed by atoms with Crippen LogP contribution in [0.5, 0.6) is 0 Å². The van der Waals surface area contributed by atoms with Crippen LogP contribution in [0.4, 0.5) is 0 Å². The Morgan fingerprint density at radius 1 is 0.392 bits per heavy atom. The Morgan fingerprint density at radius 2 is 0.709 bits per heavy atom. The van der Waals surface area contributed by atoms with Gasteiger partial charge >= 0.3 is 11.9 Å². The highest BCUT2D eigenvalue weighted by Crippen LogP contribution is 2.56. The predicted octanol–water partition coefficient (Wildman–Crippen LogP) is 20.3. The molecule has 0 radical (unpaired) electrons. The lowest BCUT2D eigenvalue weighted by atomic mass is 9.97. The molecule has 0 saturated heterocycles. The summed E-state index contributed by atoms with van der Waals surface area (Å²) >= 11 is 16.6. The van der Waals surface area contributed by atoms with Crippen molar-refractivity contribution in [3.63, 3.8) is 0 Å². The first kappa shape index (κ1) is 54.4. The molecule has 0 spiro atoms. The summed E-state index contributed by atoms with van der Waals surface area (Å²) in [6.45, 7) is 3.82. The maximum Gasteiger partial charge on any atom is 0.330 e. The molecule has 9 aromatic carbocycles. The summed E-state index contributed by atoms with van der Waals surface area (Å²) in [5, 5.41) is 0. The Kier molecular flexibility index (Phi) is 17.4. The van der Waals surface area contributed by atoms with Crippen molar-refractivity contribution in [3.05, 3.63) is 213 Å². The first-order chi connectivity index (χ1) is 38.9. The van der Waals surface area contributed by atoms with Crippen LogP contribution in [0.2, 0.25) is 0 Å². The number of ether oxygens (including phenoxy) is 2. The largest absolute Gasteiger partial charge is 0.465 e. The van der Waals surface area contributed by atoms with Gasteiger partial charge in [-0.3, -0.25) is 4.79 Å². The molecule has 4 nitrogen and oxygen atoms in total. The van der Waals surface area contributed by atoms with Gasteiger partial charge in [-0.15, -0.1) is 35.3 Å². The van der Waals surface area contributed by atoms with E-state index in [2.05, 4.69) is 207 Å². The molecule has 3 aliphatic rings. The van der Waals surface area contributed by atoms with Gasteiger partial charge in [0.2, 0.25) is 0 Å². The Morgan fingerprint density at radius 3 is 1.08 bits per heavy atom. The van der Waals surface area contributed by atoms with Crippen LogP contribution in [0.15, 0.2) is 286 Å². The van der Waals surface area contributed by atoms with Gasteiger partial charge in [0.05, 0.1) is 13.2 Å². The van der Waals surface area contributed by atoms with Crippen LogP contribution < -0.4 is 0 Å². The van der Waals surface area contributed by atoms with Gasteiger partial charge in [0.15, 0.2) is 0 Å². The third kappa shape index (κ3) is 12.4. The van der Waals surface area contributed by atoms with Crippen molar-refractivity contribution in [2.75, 3.05) is 30.5 Å². The molecule has 0 N–H and O–H groups in total. The van der Waals surface area contributed by atoms with Gasteiger partial charge < -0.3 is 9.47 Å². The second kappa shape index (κ2) is 25.3. The van der Waals surface area contributed by atoms with Gasteiger partial charge in [-0.2, -0.15) is 0 Å². The van der Waals surface area contributed by atoms with Crippen molar-refractivity contribution >= 4 is 118 Å². The van der Waals surface area contributed by atoms with Crippen molar-refractivity contribution < 1.29 is 19.1 Å². The fourth-order valence-corrected chi connectivity index (χ4v) is 20.8. The highest BCUT2D eigenvalue weighted by Gasteiger charge is 2.35. The number of fused-ring (bicyclic) bond motifs is 6. The van der Waals surface area contributed by atoms with Crippen LogP contribution in [0.1, 0.15) is 12.8 Å². The summed E-state index contributed by atoms with van der Waals surface area (Å²) in [4.78, 5) is 44.6. The number of carbonyl (C=O) groups is 2. The molecule has 0 fully saturated rings. The molecule has 3 heterocycles. The van der Waals surface area contributed by atoms with Gasteiger partial charge in [0, 0.05) is 109 Å². The van der Waals surface area contributed by atoms with Crippen LogP contribution >= 0.6 is 106 Å². The predicted molar refractivity (Wildman–Crippen MR) is 336 cm³/mol. The zero-order valence-corrected chi connectivity index (χ0v) is 49.9. The maximum atomic E-state index is 14.0. The molecule has 0 amide bonds. The molecule has 0 bridgehead atoms. The number of rotatable bonds is 19. The van der Waals surface area contributed by atoms with E-state index in [1.165, 1.54) is 107 Å². The Labute approximate surface area is 500 Å². The molecule has 3 aliphatic heterocycles. The van der Waals surface area contributed by atoms with E-state index in [-0.39, 0.29) is 25.6 Å². The summed E-state index contributed by atoms with van der Waals surface area (Å²) in [5.74, 6) is 1.15. The highest BCUT2D eigenvalue weighted by atomic mass is 32.2. The average Bonchev–Trinajstić information content (AvgIpc) is 3.58. The van der Waals surface area contributed by atoms with Gasteiger partial charge in [-0.25, -0.2) is 4.79 Å². The minimum absolute atomic E-state index is 0.111. The van der Waals surface area contributed by atoms with Crippen LogP contribution in [-0.2, 0) is 19.1 Å². The Balaban J connectivity index is 0.916. The second-order valence-corrected chi connectivity index (χ2v) is 28.3. The molecule has 79 heavy (non-hydrogen) atoms. The van der Waals surface area contributed by atoms with Crippen LogP contribution in [0, 0.1) is 5.41 Å². The minimum atomic E-state index is -0.572. The summed E-state index contributed by atoms with van der Waals surface area (Å²) in [5.41, 5.74) is 6.62. The molecule has 0 unspecified atom stereocenters. The van der Waals surface area contributed by atoms with Crippen LogP contribution in [-0.4, -0.2) is 42.4 Å². The number of hydrogen-bond acceptors (Lipinski definition) is 13. The van der Waals surface area contributed by atoms with Crippen molar-refractivity contribution in [2.45, 2.75) is 86.3 Å². The smallest absolute Gasteiger partial charge is 0.330 e. The molecule has 0 aromatic heterocycles. The van der Waals surface area contributed by atoms with Gasteiger partial charge in [-0.05, 0) is 113 Å². The molecule has 0 aliphatic carbocycles. The molecular formula is C66H50O4S9. The van der Waals surface area contributed by atoms with E-state index in [4.69, 9.17) is 9.47 Å². The molecule has 9 aromatic rings. The van der Waals surface area contributed by atoms with E-state index >= 15 is 0 Å². The molecular weight excluding hydrogens is 1150 g/mol. The minimum Gasteiger partial charge on any atom is -0.465 e. The topological polar surface area (TPSA) is 52.6 Å². The summed E-state index contributed by atoms with van der Waals surface area (Å²) in [7, 11) is 0. The first-order valence-corrected chi connectivity index (χ1v) is 33.6. The van der Waals surface area contributed by atoms with Gasteiger partial charge in [0.25, 0.3) is 0 Å². The van der Waals surface area contributed by atoms with Gasteiger partial charge in [0.1, 0.15) is 0 Å². The maximum absolute atomic E-state index is 14.0. The Hall–Kier alpha value is -5.19. The number of thioether (sulfide) groups is 3. The SMILES string of the molecule is C=CC(=O)OCCCC(=O)OCC(CSc1ccccc1-c1cccc2c1Sc1ccccc1S2)(CSc1ccccc1-c1cccc2c1Sc1ccccc1S2)CSc1ccccc1-c1cccc2c1Sc1ccccc1S2. The van der Waals surface area contributed by atoms with E-state index in [1.54, 1.807) is 0 Å². The van der Waals surface area contributed by atoms with Crippen molar-refractivity contribution in [1.82, 2.24) is 0 Å². The number of benzene rings is 9. The summed E-state index contributed by atoms with van der Waals surface area (Å²) < 4.78 is 11.8. The standard InChI is InChI=1S/C66H50O4S9/c1-2-61(67)69-38-18-37-62(68)70-39-66(40-71-49-25-6-3-19-43(49)46-22-15-34-58-63(46)77-55-31-12-9-28-52(55)74-58,41-72-50-26-7-4-20-44(50)47-23-16-35-59-64(47)78-56-32-13-10-29-53(56)75-59)42-73-51-27-8-5-21-45(51)48-24-17-36-60-65(48)79-57-33-14-11-30-54(57)76-60/h2-17,19-36H,1,18,37-42H2. The molecule has 0 saturated carbocycles. The quantitative estimate of drug-likeness (QED) is 0.0335. The van der Waals surface area contributed by atoms with Gasteiger partial charge in [-0.1, -0.05) is 205 Å². The van der Waals surface area contributed by atoms with Crippen molar-refractivity contribution in [3.8, 4) is 33.4 Å². The normalized spacial score (nSPS) is 12.9. The fourth-order valence-electron chi connectivity index (χ4n) is 9.42. The second-order valence-electron chi connectivity index (χ2n) is 18.8. The molecule has 12 rings (SSSR count). The molecule has 13 heteroatoms. The number of carbonyl (C=O) groups excluding carboxylic acids is 2. The molecule has 0 atom stereocenters. The van der Waals surface area contributed by atoms with Crippen molar-refractivity contribution in [1.29, 1.82) is 0 Å². The van der Waals surface area contributed by atoms with E-state index in [9.17, 15) is 9.59 Å².